The number of benzene rings is 1. The number of aryl methyl sites for hydroxylation is 1. The Hall–Kier alpha value is -1.59. The lowest BCUT2D eigenvalue weighted by Gasteiger charge is -2.32. The molecule has 0 amide bonds. The Kier molecular flexibility index (Phi) is 5.02. The molecule has 0 aromatic heterocycles. The fourth-order valence-corrected chi connectivity index (χ4v) is 2.37. The zero-order valence-electron chi connectivity index (χ0n) is 14.8. The van der Waals surface area contributed by atoms with Crippen LogP contribution in [0.25, 0.3) is 6.08 Å². The highest BCUT2D eigenvalue weighted by Crippen LogP contribution is 2.36. The highest BCUT2D eigenvalue weighted by molar-refractivity contribution is 6.63. The Labute approximate surface area is 139 Å². The van der Waals surface area contributed by atoms with Crippen LogP contribution in [0.15, 0.2) is 24.3 Å². The third-order valence-electron chi connectivity index (χ3n) is 4.44. The van der Waals surface area contributed by atoms with Gasteiger partial charge in [0.1, 0.15) is 0 Å². The Morgan fingerprint density at radius 2 is 1.83 bits per heavy atom. The number of rotatable bonds is 4. The van der Waals surface area contributed by atoms with Gasteiger partial charge >= 0.3 is 13.1 Å². The Balaban J connectivity index is 2.32. The molecule has 0 atom stereocenters. The molecular weight excluding hydrogens is 291 g/mol. The first-order valence-electron chi connectivity index (χ1n) is 7.97. The van der Waals surface area contributed by atoms with Crippen LogP contribution in [-0.4, -0.2) is 30.9 Å². The highest BCUT2D eigenvalue weighted by Gasteiger charge is 2.52. The van der Waals surface area contributed by atoms with Gasteiger partial charge in [0.05, 0.1) is 17.8 Å². The van der Waals surface area contributed by atoms with Gasteiger partial charge in [0, 0.05) is 6.08 Å². The number of carbonyl (C=O) groups excluding carboxylic acids is 1. The molecule has 0 radical (unpaired) electrons. The SMILES string of the molecule is CCOC(=O)/C=C/c1ccc(C)cc1B1OC(C)(C)C(C)(C)O1. The fraction of sp³-hybridized carbons (Fsp3) is 0.500. The quantitative estimate of drug-likeness (QED) is 0.487. The van der Waals surface area contributed by atoms with E-state index in [1.165, 1.54) is 6.08 Å². The molecule has 1 heterocycles. The summed E-state index contributed by atoms with van der Waals surface area (Å²) in [5.74, 6) is -0.354. The maximum atomic E-state index is 11.6. The van der Waals surface area contributed by atoms with Crippen molar-refractivity contribution in [2.24, 2.45) is 0 Å². The second-order valence-corrected chi connectivity index (χ2v) is 6.81. The normalized spacial score (nSPS) is 19.3. The predicted octanol–water partition coefficient (Wildman–Crippen LogP) is 2.87. The minimum Gasteiger partial charge on any atom is -0.463 e. The van der Waals surface area contributed by atoms with E-state index in [0.29, 0.717) is 6.61 Å². The molecule has 5 heteroatoms. The van der Waals surface area contributed by atoms with Crippen molar-refractivity contribution in [2.75, 3.05) is 6.61 Å². The first kappa shape index (κ1) is 17.8. The van der Waals surface area contributed by atoms with Gasteiger partial charge < -0.3 is 14.0 Å². The van der Waals surface area contributed by atoms with E-state index in [1.807, 2.05) is 52.8 Å². The fourth-order valence-electron chi connectivity index (χ4n) is 2.37. The van der Waals surface area contributed by atoms with Crippen molar-refractivity contribution in [1.29, 1.82) is 0 Å². The average Bonchev–Trinajstić information content (AvgIpc) is 2.66. The Bertz CT molecular complexity index is 603. The van der Waals surface area contributed by atoms with E-state index < -0.39 is 18.3 Å². The Morgan fingerprint density at radius 1 is 1.22 bits per heavy atom. The van der Waals surface area contributed by atoms with Gasteiger partial charge in [-0.2, -0.15) is 0 Å². The molecule has 1 fully saturated rings. The molecule has 4 nitrogen and oxygen atoms in total. The molecule has 0 spiro atoms. The molecule has 124 valence electrons. The highest BCUT2D eigenvalue weighted by atomic mass is 16.7. The zero-order chi connectivity index (χ0) is 17.3. The van der Waals surface area contributed by atoms with E-state index in [9.17, 15) is 4.79 Å². The van der Waals surface area contributed by atoms with Gasteiger partial charge in [-0.15, -0.1) is 0 Å². The molecule has 2 rings (SSSR count). The summed E-state index contributed by atoms with van der Waals surface area (Å²) in [6, 6.07) is 6.00. The first-order chi connectivity index (χ1) is 10.7. The molecule has 1 saturated heterocycles. The summed E-state index contributed by atoms with van der Waals surface area (Å²) in [4.78, 5) is 11.6. The van der Waals surface area contributed by atoms with Crippen LogP contribution in [0.4, 0.5) is 0 Å². The summed E-state index contributed by atoms with van der Waals surface area (Å²) < 4.78 is 17.2. The topological polar surface area (TPSA) is 44.8 Å². The van der Waals surface area contributed by atoms with E-state index in [0.717, 1.165) is 16.6 Å². The van der Waals surface area contributed by atoms with Crippen molar-refractivity contribution in [2.45, 2.75) is 52.7 Å². The summed E-state index contributed by atoms with van der Waals surface area (Å²) in [6.45, 7) is 12.3. The van der Waals surface area contributed by atoms with E-state index in [4.69, 9.17) is 14.0 Å². The van der Waals surface area contributed by atoms with Gasteiger partial charge in [-0.05, 0) is 58.6 Å². The molecule has 0 saturated carbocycles. The molecule has 0 aliphatic carbocycles. The van der Waals surface area contributed by atoms with E-state index in [1.54, 1.807) is 13.0 Å². The van der Waals surface area contributed by atoms with Crippen LogP contribution in [0.1, 0.15) is 45.7 Å². The lowest BCUT2D eigenvalue weighted by molar-refractivity contribution is -0.137. The molecule has 1 aliphatic heterocycles. The number of esters is 1. The summed E-state index contributed by atoms with van der Waals surface area (Å²) in [5.41, 5.74) is 2.13. The Morgan fingerprint density at radius 3 is 2.39 bits per heavy atom. The first-order valence-corrected chi connectivity index (χ1v) is 7.97. The maximum absolute atomic E-state index is 11.6. The van der Waals surface area contributed by atoms with E-state index >= 15 is 0 Å². The van der Waals surface area contributed by atoms with Gasteiger partial charge in [-0.1, -0.05) is 23.8 Å². The van der Waals surface area contributed by atoms with Crippen LogP contribution in [0.5, 0.6) is 0 Å². The van der Waals surface area contributed by atoms with Crippen molar-refractivity contribution >= 4 is 24.6 Å². The van der Waals surface area contributed by atoms with E-state index in [2.05, 4.69) is 0 Å². The molecule has 0 N–H and O–H groups in total. The van der Waals surface area contributed by atoms with Crippen LogP contribution in [0.3, 0.4) is 0 Å². The van der Waals surface area contributed by atoms with Crippen molar-refractivity contribution < 1.29 is 18.8 Å². The predicted molar refractivity (Wildman–Crippen MR) is 92.6 cm³/mol. The summed E-state index contributed by atoms with van der Waals surface area (Å²) in [6.07, 6.45) is 3.18. The third-order valence-corrected chi connectivity index (χ3v) is 4.44. The number of ether oxygens (including phenoxy) is 1. The number of carbonyl (C=O) groups is 1. The summed E-state index contributed by atoms with van der Waals surface area (Å²) in [5, 5.41) is 0. The maximum Gasteiger partial charge on any atom is 0.495 e. The van der Waals surface area contributed by atoms with Gasteiger partial charge in [0.15, 0.2) is 0 Å². The van der Waals surface area contributed by atoms with Gasteiger partial charge in [0.25, 0.3) is 0 Å². The van der Waals surface area contributed by atoms with Crippen LogP contribution in [0, 0.1) is 6.92 Å². The molecular formula is C18H25BO4. The number of hydrogen-bond acceptors (Lipinski definition) is 4. The molecule has 1 aromatic carbocycles. The second kappa shape index (κ2) is 6.50. The van der Waals surface area contributed by atoms with Crippen molar-refractivity contribution in [1.82, 2.24) is 0 Å². The lowest BCUT2D eigenvalue weighted by atomic mass is 9.75. The molecule has 23 heavy (non-hydrogen) atoms. The van der Waals surface area contributed by atoms with Gasteiger partial charge in [-0.3, -0.25) is 0 Å². The van der Waals surface area contributed by atoms with Crippen molar-refractivity contribution in [3.8, 4) is 0 Å². The molecule has 0 unspecified atom stereocenters. The van der Waals surface area contributed by atoms with Crippen LogP contribution in [0.2, 0.25) is 0 Å². The van der Waals surface area contributed by atoms with Gasteiger partial charge in [-0.25, -0.2) is 4.79 Å². The standard InChI is InChI=1S/C18H25BO4/c1-7-21-16(20)11-10-14-9-8-13(2)12-15(14)19-22-17(3,4)18(5,6)23-19/h8-12H,7H2,1-6H3/b11-10+. The smallest absolute Gasteiger partial charge is 0.463 e. The summed E-state index contributed by atoms with van der Waals surface area (Å²) >= 11 is 0. The minimum absolute atomic E-state index is 0.354. The minimum atomic E-state index is -0.457. The van der Waals surface area contributed by atoms with Crippen molar-refractivity contribution in [3.63, 3.8) is 0 Å². The molecule has 0 bridgehead atoms. The monoisotopic (exact) mass is 316 g/mol. The van der Waals surface area contributed by atoms with E-state index in [-0.39, 0.29) is 5.97 Å². The van der Waals surface area contributed by atoms with Gasteiger partial charge in [0.2, 0.25) is 0 Å². The van der Waals surface area contributed by atoms with Crippen LogP contribution < -0.4 is 5.46 Å². The lowest BCUT2D eigenvalue weighted by Crippen LogP contribution is -2.41. The van der Waals surface area contributed by atoms with Crippen LogP contribution >= 0.6 is 0 Å². The average molecular weight is 316 g/mol. The summed E-state index contributed by atoms with van der Waals surface area (Å²) in [7, 11) is -0.457. The van der Waals surface area contributed by atoms with Crippen LogP contribution in [-0.2, 0) is 18.8 Å². The molecule has 1 aromatic rings. The second-order valence-electron chi connectivity index (χ2n) is 6.81. The number of hydrogen-bond donors (Lipinski definition) is 0. The third kappa shape index (κ3) is 3.85. The largest absolute Gasteiger partial charge is 0.495 e. The van der Waals surface area contributed by atoms with Crippen molar-refractivity contribution in [3.05, 3.63) is 35.4 Å². The molecule has 1 aliphatic rings. The zero-order valence-corrected chi connectivity index (χ0v) is 14.8.